The Morgan fingerprint density at radius 1 is 1.07 bits per heavy atom. The molecular formula is C20H19Cl2N5O3. The highest BCUT2D eigenvalue weighted by molar-refractivity contribution is 6.30. The van der Waals surface area contributed by atoms with Gasteiger partial charge in [-0.3, -0.25) is 10.0 Å². The fourth-order valence-electron chi connectivity index (χ4n) is 3.02. The SMILES string of the molecule is Cl.NO.O=C(NO)c1cccc(Cc2c(-c3ccccc3)nn3cc(Cl)ccc23)n1. The minimum absolute atomic E-state index is 0. The first-order valence-electron chi connectivity index (χ1n) is 8.54. The number of nitrogens with two attached hydrogens (primary N) is 1. The largest absolute Gasteiger partial charge is 0.320 e. The van der Waals surface area contributed by atoms with Crippen LogP contribution in [0.5, 0.6) is 0 Å². The maximum atomic E-state index is 11.7. The first kappa shape index (κ1) is 23.3. The van der Waals surface area contributed by atoms with E-state index in [1.54, 1.807) is 28.3 Å². The smallest absolute Gasteiger partial charge is 0.293 e. The van der Waals surface area contributed by atoms with Gasteiger partial charge in [0.05, 0.1) is 16.2 Å². The van der Waals surface area contributed by atoms with Gasteiger partial charge in [0.1, 0.15) is 5.69 Å². The Kier molecular flexibility index (Phi) is 8.28. The zero-order valence-corrected chi connectivity index (χ0v) is 17.1. The fraction of sp³-hybridized carbons (Fsp3) is 0.0500. The van der Waals surface area contributed by atoms with Crippen LogP contribution in [-0.2, 0) is 6.42 Å². The van der Waals surface area contributed by atoms with Crippen LogP contribution in [0.3, 0.4) is 0 Å². The Labute approximate surface area is 183 Å². The molecule has 4 rings (SSSR count). The molecule has 3 heterocycles. The summed E-state index contributed by atoms with van der Waals surface area (Å²) in [7, 11) is 0. The fourth-order valence-corrected chi connectivity index (χ4v) is 3.18. The summed E-state index contributed by atoms with van der Waals surface area (Å²) in [5.74, 6) is 2.85. The molecule has 156 valence electrons. The number of pyridine rings is 2. The van der Waals surface area contributed by atoms with E-state index in [0.717, 1.165) is 22.3 Å². The van der Waals surface area contributed by atoms with E-state index < -0.39 is 5.91 Å². The van der Waals surface area contributed by atoms with Crippen LogP contribution in [0.4, 0.5) is 0 Å². The van der Waals surface area contributed by atoms with Crippen LogP contribution in [0.1, 0.15) is 21.7 Å². The number of carbonyl (C=O) groups excluding carboxylic acids is 1. The zero-order valence-electron chi connectivity index (χ0n) is 15.6. The minimum Gasteiger partial charge on any atom is -0.320 e. The van der Waals surface area contributed by atoms with Crippen molar-refractivity contribution in [1.29, 1.82) is 0 Å². The average molecular weight is 448 g/mol. The van der Waals surface area contributed by atoms with Crippen molar-refractivity contribution < 1.29 is 15.2 Å². The molecular weight excluding hydrogens is 429 g/mol. The number of hydrogen-bond acceptors (Lipinski definition) is 6. The van der Waals surface area contributed by atoms with Crippen LogP contribution >= 0.6 is 24.0 Å². The van der Waals surface area contributed by atoms with E-state index in [4.69, 9.17) is 27.1 Å². The molecule has 0 saturated heterocycles. The van der Waals surface area contributed by atoms with Gasteiger partial charge in [-0.25, -0.2) is 20.9 Å². The van der Waals surface area contributed by atoms with Crippen LogP contribution in [0.15, 0.2) is 66.9 Å². The number of halogens is 2. The van der Waals surface area contributed by atoms with Gasteiger partial charge in [0.2, 0.25) is 0 Å². The van der Waals surface area contributed by atoms with Crippen molar-refractivity contribution in [3.63, 3.8) is 0 Å². The van der Waals surface area contributed by atoms with Gasteiger partial charge in [0.15, 0.2) is 0 Å². The van der Waals surface area contributed by atoms with Gasteiger partial charge in [-0.05, 0) is 24.3 Å². The lowest BCUT2D eigenvalue weighted by Gasteiger charge is -2.05. The lowest BCUT2D eigenvalue weighted by Crippen LogP contribution is -2.20. The highest BCUT2D eigenvalue weighted by atomic mass is 35.5. The third-order valence-corrected chi connectivity index (χ3v) is 4.47. The monoisotopic (exact) mass is 447 g/mol. The predicted molar refractivity (Wildman–Crippen MR) is 115 cm³/mol. The number of hydrogen-bond donors (Lipinski definition) is 4. The minimum atomic E-state index is -0.647. The highest BCUT2D eigenvalue weighted by Gasteiger charge is 2.16. The Bertz CT molecular complexity index is 1140. The lowest BCUT2D eigenvalue weighted by atomic mass is 10.0. The molecule has 1 aromatic carbocycles. The normalized spacial score (nSPS) is 10.0. The molecule has 0 aliphatic carbocycles. The second kappa shape index (κ2) is 10.7. The first-order valence-corrected chi connectivity index (χ1v) is 8.92. The standard InChI is InChI=1S/C20H15ClN4O2.ClH.H3NO/c21-14-9-10-18-16(11-15-7-4-8-17(22-15)20(26)24-27)19(23-25(18)12-14)13-5-2-1-3-6-13;;1-2/h1-10,12,27H,11H2,(H,24,26);1H;2H,1H2. The Hall–Kier alpha value is -3.01. The third kappa shape index (κ3) is 4.93. The van der Waals surface area contributed by atoms with Gasteiger partial charge in [0, 0.05) is 29.4 Å². The summed E-state index contributed by atoms with van der Waals surface area (Å²) in [6, 6.07) is 18.7. The average Bonchev–Trinajstić information content (AvgIpc) is 3.12. The third-order valence-electron chi connectivity index (χ3n) is 4.24. The summed E-state index contributed by atoms with van der Waals surface area (Å²) in [5.41, 5.74) is 6.16. The van der Waals surface area contributed by atoms with Crippen molar-refractivity contribution in [1.82, 2.24) is 20.1 Å². The molecule has 30 heavy (non-hydrogen) atoms. The van der Waals surface area contributed by atoms with Crippen molar-refractivity contribution in [2.24, 2.45) is 5.90 Å². The molecule has 10 heteroatoms. The van der Waals surface area contributed by atoms with Gasteiger partial charge >= 0.3 is 0 Å². The van der Waals surface area contributed by atoms with Crippen molar-refractivity contribution in [2.45, 2.75) is 6.42 Å². The molecule has 0 spiro atoms. The summed E-state index contributed by atoms with van der Waals surface area (Å²) < 4.78 is 1.75. The van der Waals surface area contributed by atoms with E-state index in [9.17, 15) is 4.79 Å². The maximum absolute atomic E-state index is 11.7. The predicted octanol–water partition coefficient (Wildman–Crippen LogP) is 3.52. The molecule has 0 aliphatic rings. The van der Waals surface area contributed by atoms with Gasteiger partial charge in [-0.2, -0.15) is 5.10 Å². The second-order valence-electron chi connectivity index (χ2n) is 6.00. The molecule has 5 N–H and O–H groups in total. The molecule has 0 radical (unpaired) electrons. The van der Waals surface area contributed by atoms with Crippen LogP contribution < -0.4 is 11.4 Å². The number of amides is 1. The molecule has 0 saturated carbocycles. The molecule has 1 amide bonds. The van der Waals surface area contributed by atoms with Crippen LogP contribution in [0.2, 0.25) is 5.02 Å². The number of benzene rings is 1. The van der Waals surface area contributed by atoms with Crippen LogP contribution in [0, 0.1) is 0 Å². The molecule has 3 aromatic heterocycles. The van der Waals surface area contributed by atoms with Crippen molar-refractivity contribution in [3.05, 3.63) is 88.8 Å². The number of rotatable bonds is 4. The zero-order chi connectivity index (χ0) is 20.8. The number of aromatic nitrogens is 3. The van der Waals surface area contributed by atoms with Crippen molar-refractivity contribution in [2.75, 3.05) is 0 Å². The number of carbonyl (C=O) groups is 1. The molecule has 4 aromatic rings. The number of fused-ring (bicyclic) bond motifs is 1. The summed E-state index contributed by atoms with van der Waals surface area (Å²) in [6.07, 6.45) is 2.23. The lowest BCUT2D eigenvalue weighted by molar-refractivity contribution is 0.0700. The summed E-state index contributed by atoms with van der Waals surface area (Å²) in [6.45, 7) is 0. The van der Waals surface area contributed by atoms with E-state index in [-0.39, 0.29) is 18.1 Å². The summed E-state index contributed by atoms with van der Waals surface area (Å²) in [4.78, 5) is 16.0. The number of nitrogens with one attached hydrogen (secondary N) is 1. The van der Waals surface area contributed by atoms with Gasteiger partial charge < -0.3 is 5.21 Å². The molecule has 0 fully saturated rings. The second-order valence-corrected chi connectivity index (χ2v) is 6.44. The summed E-state index contributed by atoms with van der Waals surface area (Å²) >= 11 is 6.12. The van der Waals surface area contributed by atoms with E-state index in [1.165, 1.54) is 0 Å². The molecule has 0 aliphatic heterocycles. The van der Waals surface area contributed by atoms with E-state index in [0.29, 0.717) is 17.1 Å². The summed E-state index contributed by atoms with van der Waals surface area (Å²) in [5, 5.41) is 20.6. The van der Waals surface area contributed by atoms with E-state index in [1.807, 2.05) is 48.5 Å². The quantitative estimate of drug-likeness (QED) is 0.280. The Balaban J connectivity index is 0.00000104. The van der Waals surface area contributed by atoms with Crippen LogP contribution in [0.25, 0.3) is 16.8 Å². The van der Waals surface area contributed by atoms with Gasteiger partial charge in [-0.15, -0.1) is 12.4 Å². The Morgan fingerprint density at radius 3 is 2.50 bits per heavy atom. The Morgan fingerprint density at radius 2 is 1.80 bits per heavy atom. The number of hydroxylamine groups is 1. The molecule has 0 atom stereocenters. The van der Waals surface area contributed by atoms with Crippen molar-refractivity contribution >= 4 is 35.4 Å². The first-order chi connectivity index (χ1) is 14.2. The number of nitrogens with zero attached hydrogens (tertiary/aromatic N) is 3. The highest BCUT2D eigenvalue weighted by Crippen LogP contribution is 2.29. The maximum Gasteiger partial charge on any atom is 0.293 e. The van der Waals surface area contributed by atoms with Gasteiger partial charge in [-0.1, -0.05) is 48.0 Å². The molecule has 0 bridgehead atoms. The van der Waals surface area contributed by atoms with E-state index in [2.05, 4.69) is 10.9 Å². The van der Waals surface area contributed by atoms with E-state index >= 15 is 0 Å². The molecule has 8 nitrogen and oxygen atoms in total. The topological polar surface area (TPSA) is 126 Å². The van der Waals surface area contributed by atoms with Crippen LogP contribution in [-0.4, -0.2) is 30.9 Å². The van der Waals surface area contributed by atoms with Gasteiger partial charge in [0.25, 0.3) is 5.91 Å². The van der Waals surface area contributed by atoms with Crippen molar-refractivity contribution in [3.8, 4) is 11.3 Å². The molecule has 0 unspecified atom stereocenters.